The van der Waals surface area contributed by atoms with Gasteiger partial charge in [0.15, 0.2) is 0 Å². The van der Waals surface area contributed by atoms with Gasteiger partial charge in [0, 0.05) is 37.9 Å². The van der Waals surface area contributed by atoms with Gasteiger partial charge >= 0.3 is 0 Å². The van der Waals surface area contributed by atoms with Crippen molar-refractivity contribution in [1.29, 1.82) is 0 Å². The number of nitrogens with one attached hydrogen (secondary N) is 1. The Hall–Kier alpha value is -2.34. The molecule has 3 rings (SSSR count). The number of aromatic nitrogens is 2. The van der Waals surface area contributed by atoms with Crippen LogP contribution in [0, 0.1) is 0 Å². The second-order valence-electron chi connectivity index (χ2n) is 5.77. The summed E-state index contributed by atoms with van der Waals surface area (Å²) in [5, 5.41) is 3.33. The van der Waals surface area contributed by atoms with Crippen molar-refractivity contribution in [3.05, 3.63) is 36.7 Å². The van der Waals surface area contributed by atoms with E-state index < -0.39 is 0 Å². The van der Waals surface area contributed by atoms with E-state index in [0.717, 1.165) is 55.8 Å². The summed E-state index contributed by atoms with van der Waals surface area (Å²) in [4.78, 5) is 13.5. The summed E-state index contributed by atoms with van der Waals surface area (Å²) < 4.78 is 5.46. The molecule has 0 bridgehead atoms. The fourth-order valence-electron chi connectivity index (χ4n) is 2.83. The summed E-state index contributed by atoms with van der Waals surface area (Å²) in [7, 11) is 0. The topological polar surface area (TPSA) is 53.5 Å². The van der Waals surface area contributed by atoms with Crippen molar-refractivity contribution in [1.82, 2.24) is 14.9 Å². The van der Waals surface area contributed by atoms with Gasteiger partial charge in [-0.1, -0.05) is 6.92 Å². The van der Waals surface area contributed by atoms with Gasteiger partial charge in [-0.15, -0.1) is 0 Å². The van der Waals surface area contributed by atoms with Crippen molar-refractivity contribution >= 4 is 17.3 Å². The van der Waals surface area contributed by atoms with Gasteiger partial charge in [-0.2, -0.15) is 0 Å². The van der Waals surface area contributed by atoms with Crippen LogP contribution >= 0.6 is 0 Å². The maximum absolute atomic E-state index is 5.46. The zero-order valence-corrected chi connectivity index (χ0v) is 14.4. The smallest absolute Gasteiger partial charge is 0.135 e. The lowest BCUT2D eigenvalue weighted by Crippen LogP contribution is -2.46. The van der Waals surface area contributed by atoms with Crippen LogP contribution in [-0.2, 0) is 0 Å². The molecule has 0 spiro atoms. The summed E-state index contributed by atoms with van der Waals surface area (Å²) in [6.07, 6.45) is 1.62. The zero-order chi connectivity index (χ0) is 16.8. The highest BCUT2D eigenvalue weighted by molar-refractivity contribution is 5.60. The first-order valence-corrected chi connectivity index (χ1v) is 8.57. The molecule has 1 aromatic heterocycles. The minimum atomic E-state index is 0.674. The quantitative estimate of drug-likeness (QED) is 0.880. The molecule has 6 heteroatoms. The van der Waals surface area contributed by atoms with Crippen LogP contribution in [0.15, 0.2) is 36.7 Å². The molecule has 128 valence electrons. The predicted octanol–water partition coefficient (Wildman–Crippen LogP) is 2.76. The average Bonchev–Trinajstić information content (AvgIpc) is 2.64. The van der Waals surface area contributed by atoms with E-state index >= 15 is 0 Å². The van der Waals surface area contributed by atoms with Crippen LogP contribution in [0.25, 0.3) is 0 Å². The highest BCUT2D eigenvalue weighted by Gasteiger charge is 2.17. The summed E-state index contributed by atoms with van der Waals surface area (Å²) in [6, 6.07) is 9.91. The van der Waals surface area contributed by atoms with Crippen molar-refractivity contribution in [2.75, 3.05) is 49.5 Å². The number of likely N-dealkylation sites (N-methyl/N-ethyl adjacent to an activating group) is 1. The molecule has 0 amide bonds. The van der Waals surface area contributed by atoms with E-state index in [1.807, 2.05) is 37.3 Å². The zero-order valence-electron chi connectivity index (χ0n) is 14.4. The molecule has 1 aromatic carbocycles. The van der Waals surface area contributed by atoms with Crippen LogP contribution in [0.4, 0.5) is 17.3 Å². The first kappa shape index (κ1) is 16.5. The Labute approximate surface area is 143 Å². The molecule has 24 heavy (non-hydrogen) atoms. The predicted molar refractivity (Wildman–Crippen MR) is 97.3 cm³/mol. The third-order valence-electron chi connectivity index (χ3n) is 4.23. The molecule has 1 N–H and O–H groups in total. The largest absolute Gasteiger partial charge is 0.494 e. The lowest BCUT2D eigenvalue weighted by molar-refractivity contribution is 0.270. The van der Waals surface area contributed by atoms with E-state index in [1.54, 1.807) is 6.33 Å². The van der Waals surface area contributed by atoms with Crippen molar-refractivity contribution in [2.45, 2.75) is 13.8 Å². The standard InChI is InChI=1S/C18H25N5O/c1-3-22-9-11-23(12-10-22)18-13-17(19-14-20-18)21-15-5-7-16(8-6-15)24-4-2/h5-8,13-14H,3-4,9-12H2,1-2H3,(H,19,20,21). The summed E-state index contributed by atoms with van der Waals surface area (Å²) in [5.41, 5.74) is 0.985. The number of piperazine rings is 1. The number of hydrogen-bond acceptors (Lipinski definition) is 6. The van der Waals surface area contributed by atoms with E-state index in [-0.39, 0.29) is 0 Å². The Morgan fingerprint density at radius 1 is 1.04 bits per heavy atom. The molecule has 0 unspecified atom stereocenters. The minimum Gasteiger partial charge on any atom is -0.494 e. The molecule has 0 saturated carbocycles. The van der Waals surface area contributed by atoms with Crippen LogP contribution < -0.4 is 15.0 Å². The molecular weight excluding hydrogens is 302 g/mol. The first-order valence-electron chi connectivity index (χ1n) is 8.57. The molecule has 1 fully saturated rings. The lowest BCUT2D eigenvalue weighted by atomic mass is 10.3. The van der Waals surface area contributed by atoms with Crippen LogP contribution in [-0.4, -0.2) is 54.2 Å². The molecule has 2 aromatic rings. The number of benzene rings is 1. The fraction of sp³-hybridized carbons (Fsp3) is 0.444. The van der Waals surface area contributed by atoms with E-state index in [1.165, 1.54) is 0 Å². The second-order valence-corrected chi connectivity index (χ2v) is 5.77. The van der Waals surface area contributed by atoms with Gasteiger partial charge in [0.2, 0.25) is 0 Å². The molecule has 6 nitrogen and oxygen atoms in total. The van der Waals surface area contributed by atoms with Crippen molar-refractivity contribution in [2.24, 2.45) is 0 Å². The van der Waals surface area contributed by atoms with Crippen molar-refractivity contribution < 1.29 is 4.74 Å². The van der Waals surface area contributed by atoms with Crippen LogP contribution in [0.1, 0.15) is 13.8 Å². The van der Waals surface area contributed by atoms with Gasteiger partial charge in [0.05, 0.1) is 6.61 Å². The van der Waals surface area contributed by atoms with Crippen LogP contribution in [0.5, 0.6) is 5.75 Å². The number of ether oxygens (including phenoxy) is 1. The Morgan fingerprint density at radius 2 is 1.79 bits per heavy atom. The van der Waals surface area contributed by atoms with Gasteiger partial charge in [0.1, 0.15) is 23.7 Å². The SMILES string of the molecule is CCOc1ccc(Nc2cc(N3CCN(CC)CC3)ncn2)cc1. The number of anilines is 3. The van der Waals surface area contributed by atoms with E-state index in [9.17, 15) is 0 Å². The Balaban J connectivity index is 1.65. The Bertz CT molecular complexity index is 638. The third kappa shape index (κ3) is 4.14. The van der Waals surface area contributed by atoms with Gasteiger partial charge in [0.25, 0.3) is 0 Å². The average molecular weight is 327 g/mol. The fourth-order valence-corrected chi connectivity index (χ4v) is 2.83. The van der Waals surface area contributed by atoms with Crippen molar-refractivity contribution in [3.63, 3.8) is 0 Å². The summed E-state index contributed by atoms with van der Waals surface area (Å²) in [5.74, 6) is 2.66. The Morgan fingerprint density at radius 3 is 2.46 bits per heavy atom. The van der Waals surface area contributed by atoms with Gasteiger partial charge in [-0.3, -0.25) is 0 Å². The summed E-state index contributed by atoms with van der Waals surface area (Å²) in [6.45, 7) is 10.2. The maximum Gasteiger partial charge on any atom is 0.135 e. The Kier molecular flexibility index (Phi) is 5.48. The lowest BCUT2D eigenvalue weighted by Gasteiger charge is -2.34. The highest BCUT2D eigenvalue weighted by Crippen LogP contribution is 2.21. The molecule has 0 radical (unpaired) electrons. The molecule has 1 saturated heterocycles. The molecule has 0 aliphatic carbocycles. The summed E-state index contributed by atoms with van der Waals surface area (Å²) >= 11 is 0. The normalized spacial score (nSPS) is 15.3. The number of nitrogens with zero attached hydrogens (tertiary/aromatic N) is 4. The van der Waals surface area contributed by atoms with E-state index in [4.69, 9.17) is 4.74 Å². The monoisotopic (exact) mass is 327 g/mol. The number of rotatable bonds is 6. The van der Waals surface area contributed by atoms with Crippen LogP contribution in [0.2, 0.25) is 0 Å². The molecule has 1 aliphatic rings. The van der Waals surface area contributed by atoms with Gasteiger partial charge < -0.3 is 19.9 Å². The minimum absolute atomic E-state index is 0.674. The molecular formula is C18H25N5O. The molecule has 0 atom stereocenters. The van der Waals surface area contributed by atoms with Crippen LogP contribution in [0.3, 0.4) is 0 Å². The van der Waals surface area contributed by atoms with Gasteiger partial charge in [-0.05, 0) is 37.7 Å². The number of hydrogen-bond donors (Lipinski definition) is 1. The third-order valence-corrected chi connectivity index (χ3v) is 4.23. The highest BCUT2D eigenvalue weighted by atomic mass is 16.5. The van der Waals surface area contributed by atoms with Gasteiger partial charge in [-0.25, -0.2) is 9.97 Å². The van der Waals surface area contributed by atoms with Crippen molar-refractivity contribution in [3.8, 4) is 5.75 Å². The second kappa shape index (κ2) is 7.97. The first-order chi connectivity index (χ1) is 11.8. The van der Waals surface area contributed by atoms with E-state index in [2.05, 4.69) is 32.0 Å². The maximum atomic E-state index is 5.46. The molecule has 1 aliphatic heterocycles. The van der Waals surface area contributed by atoms with E-state index in [0.29, 0.717) is 6.61 Å². The molecule has 2 heterocycles.